The number of phenolic OH excluding ortho intramolecular Hbond substituents is 2. The molecule has 0 amide bonds. The second-order valence-electron chi connectivity index (χ2n) is 9.90. The fraction of sp³-hybridized carbons (Fsp3) is 0.464. The highest BCUT2D eigenvalue weighted by Gasteiger charge is 2.51. The maximum atomic E-state index is 12.1. The van der Waals surface area contributed by atoms with E-state index in [1.165, 1.54) is 30.3 Å². The Hall–Kier alpha value is -3.11. The first-order valence-electron chi connectivity index (χ1n) is 12.9. The molecule has 0 saturated carbocycles. The van der Waals surface area contributed by atoms with Gasteiger partial charge >= 0.3 is 5.97 Å². The smallest absolute Gasteiger partial charge is 0.330 e. The summed E-state index contributed by atoms with van der Waals surface area (Å²) in [7, 11) is 0. The van der Waals surface area contributed by atoms with Crippen LogP contribution in [0.15, 0.2) is 54.6 Å². The van der Waals surface area contributed by atoms with Gasteiger partial charge in [-0.15, -0.1) is 0 Å². The SMILES string of the molecule is O=C(/C=C/c1ccc(O)cc1)OC[C@]1(O)CO[C@@H](OC[C@@H]2O[C@H](OCCc3ccc(O)cc3)[C@@H](O)[C@H](O)[C@H]2O)[C@@H]1O. The number of phenols is 2. The van der Waals surface area contributed by atoms with E-state index in [1.807, 2.05) is 0 Å². The maximum absolute atomic E-state index is 12.1. The number of aromatic hydroxyl groups is 2. The zero-order valence-corrected chi connectivity index (χ0v) is 21.9. The van der Waals surface area contributed by atoms with Gasteiger partial charge in [0, 0.05) is 6.08 Å². The molecule has 4 rings (SSSR count). The van der Waals surface area contributed by atoms with Gasteiger partial charge in [-0.25, -0.2) is 4.79 Å². The fourth-order valence-corrected chi connectivity index (χ4v) is 4.25. The number of carbonyl (C=O) groups is 1. The number of hydrogen-bond acceptors (Lipinski definition) is 13. The minimum absolute atomic E-state index is 0.0763. The molecule has 0 unspecified atom stereocenters. The van der Waals surface area contributed by atoms with Crippen molar-refractivity contribution in [1.82, 2.24) is 0 Å². The number of esters is 1. The van der Waals surface area contributed by atoms with E-state index < -0.39 is 74.5 Å². The summed E-state index contributed by atoms with van der Waals surface area (Å²) >= 11 is 0. The van der Waals surface area contributed by atoms with Crippen LogP contribution in [0, 0.1) is 0 Å². The van der Waals surface area contributed by atoms with Crippen LogP contribution in [0.4, 0.5) is 0 Å². The maximum Gasteiger partial charge on any atom is 0.330 e. The third-order valence-electron chi connectivity index (χ3n) is 6.78. The van der Waals surface area contributed by atoms with Crippen molar-refractivity contribution in [3.8, 4) is 11.5 Å². The van der Waals surface area contributed by atoms with E-state index in [2.05, 4.69) is 0 Å². The van der Waals surface area contributed by atoms with Gasteiger partial charge in [0.1, 0.15) is 48.6 Å². The van der Waals surface area contributed by atoms with Crippen molar-refractivity contribution >= 4 is 12.0 Å². The van der Waals surface area contributed by atoms with Crippen molar-refractivity contribution in [2.75, 3.05) is 26.4 Å². The van der Waals surface area contributed by atoms with Gasteiger partial charge in [0.05, 0.1) is 19.8 Å². The van der Waals surface area contributed by atoms with Gasteiger partial charge in [0.2, 0.25) is 0 Å². The van der Waals surface area contributed by atoms with Crippen LogP contribution in [0.2, 0.25) is 0 Å². The summed E-state index contributed by atoms with van der Waals surface area (Å²) < 4.78 is 27.0. The van der Waals surface area contributed by atoms with Crippen LogP contribution < -0.4 is 0 Å². The van der Waals surface area contributed by atoms with Crippen LogP contribution in [-0.2, 0) is 34.9 Å². The van der Waals surface area contributed by atoms with Gasteiger partial charge in [-0.05, 0) is 47.9 Å². The lowest BCUT2D eigenvalue weighted by atomic mass is 9.99. The molecule has 2 saturated heterocycles. The quantitative estimate of drug-likeness (QED) is 0.129. The fourth-order valence-electron chi connectivity index (χ4n) is 4.25. The highest BCUT2D eigenvalue weighted by molar-refractivity contribution is 5.87. The summed E-state index contributed by atoms with van der Waals surface area (Å²) in [5, 5.41) is 70.9. The molecule has 2 aromatic rings. The van der Waals surface area contributed by atoms with Gasteiger partial charge in [-0.2, -0.15) is 0 Å². The summed E-state index contributed by atoms with van der Waals surface area (Å²) in [6.45, 7) is -1.33. The van der Waals surface area contributed by atoms with Gasteiger partial charge in [-0.1, -0.05) is 24.3 Å². The third kappa shape index (κ3) is 8.01. The summed E-state index contributed by atoms with van der Waals surface area (Å²) in [4.78, 5) is 12.1. The number of ether oxygens (including phenoxy) is 5. The van der Waals surface area contributed by atoms with Crippen LogP contribution >= 0.6 is 0 Å². The molecule has 2 aliphatic heterocycles. The zero-order chi connectivity index (χ0) is 29.6. The molecule has 224 valence electrons. The highest BCUT2D eigenvalue weighted by Crippen LogP contribution is 2.28. The van der Waals surface area contributed by atoms with E-state index >= 15 is 0 Å². The molecule has 2 aliphatic rings. The number of aliphatic hydroxyl groups excluding tert-OH is 4. The van der Waals surface area contributed by atoms with E-state index in [0.717, 1.165) is 11.6 Å². The number of aliphatic hydroxyl groups is 5. The molecule has 0 aromatic heterocycles. The molecule has 2 heterocycles. The Morgan fingerprint density at radius 3 is 2.24 bits per heavy atom. The first-order chi connectivity index (χ1) is 19.6. The Kier molecular flexibility index (Phi) is 10.3. The molecule has 0 radical (unpaired) electrons. The Morgan fingerprint density at radius 1 is 0.902 bits per heavy atom. The first kappa shape index (κ1) is 30.8. The first-order valence-corrected chi connectivity index (χ1v) is 12.9. The second-order valence-corrected chi connectivity index (χ2v) is 9.90. The number of carbonyl (C=O) groups excluding carboxylic acids is 1. The van der Waals surface area contributed by atoms with Crippen molar-refractivity contribution in [3.63, 3.8) is 0 Å². The van der Waals surface area contributed by atoms with E-state index in [-0.39, 0.29) is 18.1 Å². The van der Waals surface area contributed by atoms with Crippen LogP contribution in [-0.4, -0.2) is 117 Å². The predicted molar refractivity (Wildman–Crippen MR) is 139 cm³/mol. The summed E-state index contributed by atoms with van der Waals surface area (Å²) in [5.74, 6) is -0.589. The molecule has 13 nitrogen and oxygen atoms in total. The number of rotatable bonds is 11. The highest BCUT2D eigenvalue weighted by atomic mass is 16.7. The van der Waals surface area contributed by atoms with Crippen molar-refractivity contribution in [3.05, 3.63) is 65.7 Å². The molecule has 7 N–H and O–H groups in total. The average Bonchev–Trinajstić information content (AvgIpc) is 3.25. The van der Waals surface area contributed by atoms with E-state index in [1.54, 1.807) is 24.3 Å². The molecule has 0 bridgehead atoms. The summed E-state index contributed by atoms with van der Waals surface area (Å²) in [6.07, 6.45) is -7.20. The van der Waals surface area contributed by atoms with Crippen LogP contribution in [0.3, 0.4) is 0 Å². The molecule has 0 aliphatic carbocycles. The number of benzene rings is 2. The molecule has 13 heteroatoms. The largest absolute Gasteiger partial charge is 0.508 e. The molecular weight excluding hydrogens is 544 g/mol. The third-order valence-corrected chi connectivity index (χ3v) is 6.78. The lowest BCUT2D eigenvalue weighted by Crippen LogP contribution is -2.59. The Balaban J connectivity index is 1.24. The molecule has 0 spiro atoms. The molecule has 2 aromatic carbocycles. The molecule has 41 heavy (non-hydrogen) atoms. The standard InChI is InChI=1S/C28H34O13/c29-18-6-1-16(2-7-18)5-10-21(31)39-14-28(36)15-40-27(25(28)35)38-13-20-22(32)23(33)24(34)26(41-20)37-12-11-17-3-8-19(30)9-4-17/h1-10,20,22-27,29-30,32-36H,11-15H2/b10-5+/t20-,22-,23+,24-,25-,26-,27+,28-/m0/s1. The van der Waals surface area contributed by atoms with Crippen molar-refractivity contribution in [2.24, 2.45) is 0 Å². The average molecular weight is 579 g/mol. The number of hydrogen-bond donors (Lipinski definition) is 7. The Morgan fingerprint density at radius 2 is 1.56 bits per heavy atom. The van der Waals surface area contributed by atoms with E-state index in [0.29, 0.717) is 12.0 Å². The minimum Gasteiger partial charge on any atom is -0.508 e. The molecule has 8 atom stereocenters. The lowest BCUT2D eigenvalue weighted by molar-refractivity contribution is -0.309. The summed E-state index contributed by atoms with van der Waals surface area (Å²) in [5.41, 5.74) is -0.493. The van der Waals surface area contributed by atoms with Gasteiger partial charge in [0.25, 0.3) is 0 Å². The monoisotopic (exact) mass is 578 g/mol. The van der Waals surface area contributed by atoms with Gasteiger partial charge < -0.3 is 59.4 Å². The minimum atomic E-state index is -1.98. The predicted octanol–water partition coefficient (Wildman–Crippen LogP) is -0.814. The van der Waals surface area contributed by atoms with Crippen LogP contribution in [0.25, 0.3) is 6.08 Å². The van der Waals surface area contributed by atoms with Crippen LogP contribution in [0.5, 0.6) is 11.5 Å². The summed E-state index contributed by atoms with van der Waals surface area (Å²) in [6, 6.07) is 12.5. The molecular formula is C28H34O13. The Labute approximate surface area is 235 Å². The normalized spacial score (nSPS) is 31.9. The molecule has 2 fully saturated rings. The van der Waals surface area contributed by atoms with Crippen molar-refractivity contribution in [1.29, 1.82) is 0 Å². The van der Waals surface area contributed by atoms with Crippen molar-refractivity contribution in [2.45, 2.75) is 55.1 Å². The zero-order valence-electron chi connectivity index (χ0n) is 21.9. The van der Waals surface area contributed by atoms with Crippen molar-refractivity contribution < 1.29 is 64.2 Å². The second kappa shape index (κ2) is 13.7. The van der Waals surface area contributed by atoms with E-state index in [4.69, 9.17) is 23.7 Å². The van der Waals surface area contributed by atoms with Gasteiger partial charge in [0.15, 0.2) is 18.2 Å². The van der Waals surface area contributed by atoms with Gasteiger partial charge in [-0.3, -0.25) is 0 Å². The van der Waals surface area contributed by atoms with E-state index in [9.17, 15) is 40.5 Å². The lowest BCUT2D eigenvalue weighted by Gasteiger charge is -2.40. The van der Waals surface area contributed by atoms with Crippen LogP contribution in [0.1, 0.15) is 11.1 Å². The topological polar surface area (TPSA) is 205 Å². The Bertz CT molecular complexity index is 1150.